The third-order valence-electron chi connectivity index (χ3n) is 4.51. The molecule has 0 fully saturated rings. The maximum absolute atomic E-state index is 12.9. The fraction of sp³-hybridized carbons (Fsp3) is 0.318. The summed E-state index contributed by atoms with van der Waals surface area (Å²) < 4.78 is 10.4. The van der Waals surface area contributed by atoms with Gasteiger partial charge >= 0.3 is 5.97 Å². The van der Waals surface area contributed by atoms with Gasteiger partial charge in [-0.2, -0.15) is 4.98 Å². The molecule has 1 N–H and O–H groups in total. The highest BCUT2D eigenvalue weighted by Gasteiger charge is 2.20. The number of esters is 1. The molecule has 1 aromatic carbocycles. The fourth-order valence-corrected chi connectivity index (χ4v) is 2.88. The first-order valence-corrected chi connectivity index (χ1v) is 9.71. The van der Waals surface area contributed by atoms with Crippen LogP contribution in [0.3, 0.4) is 0 Å². The maximum atomic E-state index is 12.9. The van der Waals surface area contributed by atoms with E-state index >= 15 is 0 Å². The average molecular weight is 408 g/mol. The zero-order chi connectivity index (χ0) is 21.8. The summed E-state index contributed by atoms with van der Waals surface area (Å²) in [6.45, 7) is 9.49. The number of hydrogen-bond acceptors (Lipinski definition) is 7. The van der Waals surface area contributed by atoms with Gasteiger partial charge in [0.25, 0.3) is 11.8 Å². The number of para-hydroxylation sites is 1. The molecule has 2 aromatic heterocycles. The van der Waals surface area contributed by atoms with Crippen molar-refractivity contribution < 1.29 is 18.8 Å². The first-order chi connectivity index (χ1) is 14.3. The number of amides is 1. The van der Waals surface area contributed by atoms with Gasteiger partial charge < -0.3 is 14.6 Å². The Morgan fingerprint density at radius 3 is 2.53 bits per heavy atom. The number of benzene rings is 1. The van der Waals surface area contributed by atoms with Crippen LogP contribution in [0, 0.1) is 13.8 Å². The lowest BCUT2D eigenvalue weighted by atomic mass is 10.1. The third kappa shape index (κ3) is 4.37. The van der Waals surface area contributed by atoms with Gasteiger partial charge in [0.2, 0.25) is 0 Å². The Labute approximate surface area is 174 Å². The molecule has 2 heterocycles. The van der Waals surface area contributed by atoms with Gasteiger partial charge in [0.15, 0.2) is 5.82 Å². The van der Waals surface area contributed by atoms with Crippen LogP contribution in [0.25, 0.3) is 11.5 Å². The SMILES string of the molecule is CCOC(=O)c1ccc(C(=O)Nc2c(C)cccc2-c2nc(C(C)C)no2)nc1C. The van der Waals surface area contributed by atoms with E-state index in [0.717, 1.165) is 5.56 Å². The molecule has 156 valence electrons. The van der Waals surface area contributed by atoms with Crippen LogP contribution in [0.2, 0.25) is 0 Å². The van der Waals surface area contributed by atoms with Gasteiger partial charge in [-0.05, 0) is 44.5 Å². The molecule has 0 radical (unpaired) electrons. The number of nitrogens with zero attached hydrogens (tertiary/aromatic N) is 3. The van der Waals surface area contributed by atoms with Crippen LogP contribution >= 0.6 is 0 Å². The molecular formula is C22H24N4O4. The summed E-state index contributed by atoms with van der Waals surface area (Å²) in [6.07, 6.45) is 0. The Kier molecular flexibility index (Phi) is 6.25. The first kappa shape index (κ1) is 21.2. The number of pyridine rings is 1. The Bertz CT molecular complexity index is 1090. The second-order valence-corrected chi connectivity index (χ2v) is 7.11. The molecule has 0 aliphatic rings. The van der Waals surface area contributed by atoms with Crippen molar-refractivity contribution in [1.82, 2.24) is 15.1 Å². The highest BCUT2D eigenvalue weighted by atomic mass is 16.5. The molecule has 0 unspecified atom stereocenters. The van der Waals surface area contributed by atoms with Crippen molar-refractivity contribution in [2.24, 2.45) is 0 Å². The van der Waals surface area contributed by atoms with Crippen LogP contribution in [-0.2, 0) is 4.74 Å². The summed E-state index contributed by atoms with van der Waals surface area (Å²) >= 11 is 0. The van der Waals surface area contributed by atoms with E-state index in [2.05, 4.69) is 20.4 Å². The molecule has 0 aliphatic carbocycles. The largest absolute Gasteiger partial charge is 0.462 e. The molecule has 30 heavy (non-hydrogen) atoms. The molecule has 3 rings (SSSR count). The van der Waals surface area contributed by atoms with Gasteiger partial charge in [-0.1, -0.05) is 31.1 Å². The number of anilines is 1. The lowest BCUT2D eigenvalue weighted by Crippen LogP contribution is -2.17. The molecule has 1 amide bonds. The summed E-state index contributed by atoms with van der Waals surface area (Å²) in [6, 6.07) is 8.58. The highest BCUT2D eigenvalue weighted by Crippen LogP contribution is 2.31. The van der Waals surface area contributed by atoms with E-state index in [1.54, 1.807) is 19.9 Å². The number of carbonyl (C=O) groups excluding carboxylic acids is 2. The maximum Gasteiger partial charge on any atom is 0.339 e. The lowest BCUT2D eigenvalue weighted by molar-refractivity contribution is 0.0524. The number of nitrogens with one attached hydrogen (secondary N) is 1. The highest BCUT2D eigenvalue weighted by molar-refractivity contribution is 6.05. The van der Waals surface area contributed by atoms with Crippen molar-refractivity contribution >= 4 is 17.6 Å². The molecule has 3 aromatic rings. The van der Waals surface area contributed by atoms with Crippen molar-refractivity contribution in [3.63, 3.8) is 0 Å². The average Bonchev–Trinajstić information content (AvgIpc) is 3.20. The van der Waals surface area contributed by atoms with E-state index in [9.17, 15) is 9.59 Å². The van der Waals surface area contributed by atoms with Crippen LogP contribution in [0.5, 0.6) is 0 Å². The van der Waals surface area contributed by atoms with Gasteiger partial charge in [-0.15, -0.1) is 0 Å². The molecule has 0 bridgehead atoms. The Hall–Kier alpha value is -3.55. The monoisotopic (exact) mass is 408 g/mol. The summed E-state index contributed by atoms with van der Waals surface area (Å²) in [7, 11) is 0. The summed E-state index contributed by atoms with van der Waals surface area (Å²) in [5.41, 5.74) is 2.97. The Balaban J connectivity index is 1.90. The first-order valence-electron chi connectivity index (χ1n) is 9.71. The van der Waals surface area contributed by atoms with Crippen molar-refractivity contribution in [3.8, 4) is 11.5 Å². The van der Waals surface area contributed by atoms with E-state index in [1.165, 1.54) is 6.07 Å². The molecule has 8 nitrogen and oxygen atoms in total. The molecule has 0 atom stereocenters. The standard InChI is InChI=1S/C22H24N4O4/c1-6-29-22(28)15-10-11-17(23-14(15)5)20(27)24-18-13(4)8-7-9-16(18)21-25-19(12(2)3)26-30-21/h7-12H,6H2,1-5H3,(H,24,27). The Morgan fingerprint density at radius 2 is 1.90 bits per heavy atom. The number of aryl methyl sites for hydroxylation is 2. The van der Waals surface area contributed by atoms with Gasteiger partial charge in [0.05, 0.1) is 29.1 Å². The second-order valence-electron chi connectivity index (χ2n) is 7.11. The van der Waals surface area contributed by atoms with Crippen LogP contribution in [0.1, 0.15) is 64.6 Å². The topological polar surface area (TPSA) is 107 Å². The minimum absolute atomic E-state index is 0.121. The van der Waals surface area contributed by atoms with Crippen LogP contribution in [0.4, 0.5) is 5.69 Å². The zero-order valence-electron chi connectivity index (χ0n) is 17.6. The van der Waals surface area contributed by atoms with E-state index in [-0.39, 0.29) is 18.2 Å². The normalized spacial score (nSPS) is 10.9. The molecule has 0 spiro atoms. The number of carbonyl (C=O) groups is 2. The summed E-state index contributed by atoms with van der Waals surface area (Å²) in [5.74, 6) is 0.172. The van der Waals surface area contributed by atoms with Crippen molar-refractivity contribution in [1.29, 1.82) is 0 Å². The molecule has 0 saturated heterocycles. The molecule has 0 aliphatic heterocycles. The minimum atomic E-state index is -0.465. The zero-order valence-corrected chi connectivity index (χ0v) is 17.6. The van der Waals surface area contributed by atoms with Crippen LogP contribution in [0.15, 0.2) is 34.9 Å². The van der Waals surface area contributed by atoms with E-state index in [4.69, 9.17) is 9.26 Å². The van der Waals surface area contributed by atoms with E-state index < -0.39 is 11.9 Å². The predicted octanol–water partition coefficient (Wildman–Crippen LogP) is 4.30. The van der Waals surface area contributed by atoms with Gasteiger partial charge in [-0.3, -0.25) is 4.79 Å². The minimum Gasteiger partial charge on any atom is -0.462 e. The van der Waals surface area contributed by atoms with Gasteiger partial charge in [-0.25, -0.2) is 9.78 Å². The van der Waals surface area contributed by atoms with Gasteiger partial charge in [0, 0.05) is 5.92 Å². The quantitative estimate of drug-likeness (QED) is 0.606. The van der Waals surface area contributed by atoms with Gasteiger partial charge in [0.1, 0.15) is 5.69 Å². The van der Waals surface area contributed by atoms with E-state index in [1.807, 2.05) is 39.0 Å². The smallest absolute Gasteiger partial charge is 0.339 e. The van der Waals surface area contributed by atoms with Crippen LogP contribution < -0.4 is 5.32 Å². The predicted molar refractivity (Wildman–Crippen MR) is 111 cm³/mol. The van der Waals surface area contributed by atoms with E-state index in [0.29, 0.717) is 34.2 Å². The third-order valence-corrected chi connectivity index (χ3v) is 4.51. The number of rotatable bonds is 6. The molecule has 0 saturated carbocycles. The number of ether oxygens (including phenoxy) is 1. The lowest BCUT2D eigenvalue weighted by Gasteiger charge is -2.12. The fourth-order valence-electron chi connectivity index (χ4n) is 2.88. The molecule has 8 heteroatoms. The van der Waals surface area contributed by atoms with Crippen molar-refractivity contribution in [3.05, 3.63) is 58.7 Å². The number of aromatic nitrogens is 3. The van der Waals surface area contributed by atoms with Crippen LogP contribution in [-0.4, -0.2) is 33.6 Å². The summed E-state index contributed by atoms with van der Waals surface area (Å²) in [5, 5.41) is 6.89. The molecular weight excluding hydrogens is 384 g/mol. The number of hydrogen-bond donors (Lipinski definition) is 1. The van der Waals surface area contributed by atoms with Crippen molar-refractivity contribution in [2.45, 2.75) is 40.5 Å². The Morgan fingerprint density at radius 1 is 1.13 bits per heavy atom. The van der Waals surface area contributed by atoms with Crippen molar-refractivity contribution in [2.75, 3.05) is 11.9 Å². The second kappa shape index (κ2) is 8.86. The summed E-state index contributed by atoms with van der Waals surface area (Å²) in [4.78, 5) is 33.5.